The minimum Gasteiger partial charge on any atom is -0.493 e. The van der Waals surface area contributed by atoms with Crippen molar-refractivity contribution in [1.29, 1.82) is 0 Å². The number of hydrogen-bond donors (Lipinski definition) is 0. The molecule has 26 heavy (non-hydrogen) atoms. The molecule has 5 nitrogen and oxygen atoms in total. The molecule has 2 aromatic carbocycles. The minimum atomic E-state index is -0.242. The number of aromatic nitrogens is 2. The third-order valence-electron chi connectivity index (χ3n) is 4.01. The zero-order valence-electron chi connectivity index (χ0n) is 14.7. The number of imidazole rings is 1. The number of rotatable bonds is 8. The molecule has 0 aliphatic rings. The monoisotopic (exact) mass is 350 g/mol. The van der Waals surface area contributed by atoms with Gasteiger partial charge in [0.15, 0.2) is 0 Å². The predicted octanol–water partition coefficient (Wildman–Crippen LogP) is 3.85. The summed E-state index contributed by atoms with van der Waals surface area (Å²) < 4.78 is 12.6. The standard InChI is InChI=1S/C21H22N2O3/c1-2-25-20(24)12-15-26-19-10-8-18(9-11-19)21(23-14-13-22-16-23)17-6-4-3-5-7-17/h3-11,13-14,16,21H,2,12,15H2,1H3. The summed E-state index contributed by atoms with van der Waals surface area (Å²) in [5.41, 5.74) is 2.31. The van der Waals surface area contributed by atoms with Gasteiger partial charge in [-0.1, -0.05) is 42.5 Å². The van der Waals surface area contributed by atoms with Crippen LogP contribution in [0.15, 0.2) is 73.3 Å². The van der Waals surface area contributed by atoms with E-state index in [1.54, 1.807) is 13.1 Å². The highest BCUT2D eigenvalue weighted by Crippen LogP contribution is 2.27. The summed E-state index contributed by atoms with van der Waals surface area (Å²) in [5.74, 6) is 0.490. The molecule has 0 bridgehead atoms. The second kappa shape index (κ2) is 8.85. The molecule has 1 aromatic heterocycles. The highest BCUT2D eigenvalue weighted by atomic mass is 16.5. The lowest BCUT2D eigenvalue weighted by atomic mass is 9.98. The average Bonchev–Trinajstić information content (AvgIpc) is 3.19. The first-order valence-electron chi connectivity index (χ1n) is 8.68. The van der Waals surface area contributed by atoms with Crippen LogP contribution in [0.4, 0.5) is 0 Å². The zero-order valence-corrected chi connectivity index (χ0v) is 14.7. The first-order chi connectivity index (χ1) is 12.8. The maximum atomic E-state index is 11.4. The van der Waals surface area contributed by atoms with Gasteiger partial charge in [0.1, 0.15) is 5.75 Å². The fourth-order valence-electron chi connectivity index (χ4n) is 2.83. The van der Waals surface area contributed by atoms with Crippen LogP contribution >= 0.6 is 0 Å². The van der Waals surface area contributed by atoms with Crippen molar-refractivity contribution in [1.82, 2.24) is 9.55 Å². The maximum Gasteiger partial charge on any atom is 0.309 e. The predicted molar refractivity (Wildman–Crippen MR) is 99.1 cm³/mol. The van der Waals surface area contributed by atoms with Gasteiger partial charge < -0.3 is 14.0 Å². The van der Waals surface area contributed by atoms with Crippen LogP contribution in [0.25, 0.3) is 0 Å². The van der Waals surface area contributed by atoms with Gasteiger partial charge in [-0.2, -0.15) is 0 Å². The van der Waals surface area contributed by atoms with E-state index < -0.39 is 0 Å². The number of esters is 1. The van der Waals surface area contributed by atoms with Gasteiger partial charge in [-0.25, -0.2) is 4.98 Å². The lowest BCUT2D eigenvalue weighted by molar-refractivity contribution is -0.143. The van der Waals surface area contributed by atoms with Crippen LogP contribution < -0.4 is 4.74 Å². The van der Waals surface area contributed by atoms with E-state index >= 15 is 0 Å². The second-order valence-electron chi connectivity index (χ2n) is 5.80. The van der Waals surface area contributed by atoms with Crippen molar-refractivity contribution in [2.45, 2.75) is 19.4 Å². The molecule has 3 rings (SSSR count). The Labute approximate surface area is 153 Å². The molecule has 0 spiro atoms. The highest BCUT2D eigenvalue weighted by molar-refractivity contribution is 5.69. The van der Waals surface area contributed by atoms with Gasteiger partial charge >= 0.3 is 5.97 Å². The van der Waals surface area contributed by atoms with E-state index in [0.29, 0.717) is 13.2 Å². The third kappa shape index (κ3) is 4.51. The normalized spacial score (nSPS) is 11.7. The van der Waals surface area contributed by atoms with Gasteiger partial charge in [0.05, 0.1) is 32.0 Å². The van der Waals surface area contributed by atoms with E-state index in [1.807, 2.05) is 55.0 Å². The SMILES string of the molecule is CCOC(=O)CCOc1ccc(C(c2ccccc2)n2ccnc2)cc1. The summed E-state index contributed by atoms with van der Waals surface area (Å²) in [5, 5.41) is 0. The molecule has 0 aliphatic carbocycles. The van der Waals surface area contributed by atoms with Crippen LogP contribution in [-0.4, -0.2) is 28.7 Å². The van der Waals surface area contributed by atoms with Crippen LogP contribution in [-0.2, 0) is 9.53 Å². The van der Waals surface area contributed by atoms with Crippen molar-refractivity contribution in [2.75, 3.05) is 13.2 Å². The zero-order chi connectivity index (χ0) is 18.2. The Morgan fingerprint density at radius 2 is 1.81 bits per heavy atom. The Kier molecular flexibility index (Phi) is 6.04. The summed E-state index contributed by atoms with van der Waals surface area (Å²) >= 11 is 0. The van der Waals surface area contributed by atoms with Gasteiger partial charge in [0.25, 0.3) is 0 Å². The Balaban J connectivity index is 1.72. The number of carbonyl (C=O) groups is 1. The molecule has 5 heteroatoms. The summed E-state index contributed by atoms with van der Waals surface area (Å²) in [6, 6.07) is 18.3. The lowest BCUT2D eigenvalue weighted by Crippen LogP contribution is -2.11. The number of benzene rings is 2. The van der Waals surface area contributed by atoms with Crippen molar-refractivity contribution in [2.24, 2.45) is 0 Å². The molecular weight excluding hydrogens is 328 g/mol. The van der Waals surface area contributed by atoms with Crippen molar-refractivity contribution < 1.29 is 14.3 Å². The second-order valence-corrected chi connectivity index (χ2v) is 5.80. The molecule has 1 atom stereocenters. The first kappa shape index (κ1) is 17.7. The fourth-order valence-corrected chi connectivity index (χ4v) is 2.83. The Bertz CT molecular complexity index is 799. The number of nitrogens with zero attached hydrogens (tertiary/aromatic N) is 2. The van der Waals surface area contributed by atoms with Crippen molar-refractivity contribution in [3.05, 3.63) is 84.4 Å². The molecule has 0 aliphatic heterocycles. The first-order valence-corrected chi connectivity index (χ1v) is 8.68. The summed E-state index contributed by atoms with van der Waals surface area (Å²) in [4.78, 5) is 15.5. The van der Waals surface area contributed by atoms with Gasteiger partial charge in [-0.3, -0.25) is 4.79 Å². The van der Waals surface area contributed by atoms with Crippen molar-refractivity contribution >= 4 is 5.97 Å². The van der Waals surface area contributed by atoms with Crippen LogP contribution in [0.2, 0.25) is 0 Å². The van der Waals surface area contributed by atoms with E-state index in [1.165, 1.54) is 5.56 Å². The van der Waals surface area contributed by atoms with Crippen LogP contribution in [0.5, 0.6) is 5.75 Å². The smallest absolute Gasteiger partial charge is 0.309 e. The Morgan fingerprint density at radius 3 is 2.46 bits per heavy atom. The van der Waals surface area contributed by atoms with Crippen LogP contribution in [0, 0.1) is 0 Å². The summed E-state index contributed by atoms with van der Waals surface area (Å²) in [6.45, 7) is 2.49. The lowest BCUT2D eigenvalue weighted by Gasteiger charge is -2.20. The number of hydrogen-bond acceptors (Lipinski definition) is 4. The van der Waals surface area contributed by atoms with Crippen LogP contribution in [0.3, 0.4) is 0 Å². The molecule has 0 fully saturated rings. The number of ether oxygens (including phenoxy) is 2. The van der Waals surface area contributed by atoms with E-state index in [9.17, 15) is 4.79 Å². The topological polar surface area (TPSA) is 53.4 Å². The molecule has 0 amide bonds. The molecule has 3 aromatic rings. The van der Waals surface area contributed by atoms with Crippen molar-refractivity contribution in [3.63, 3.8) is 0 Å². The van der Waals surface area contributed by atoms with E-state index in [0.717, 1.165) is 11.3 Å². The molecule has 0 N–H and O–H groups in total. The summed E-state index contributed by atoms with van der Waals surface area (Å²) in [7, 11) is 0. The van der Waals surface area contributed by atoms with Gasteiger partial charge in [0, 0.05) is 12.4 Å². The van der Waals surface area contributed by atoms with E-state index in [-0.39, 0.29) is 18.4 Å². The van der Waals surface area contributed by atoms with Crippen molar-refractivity contribution in [3.8, 4) is 5.75 Å². The van der Waals surface area contributed by atoms with E-state index in [4.69, 9.17) is 9.47 Å². The molecule has 1 heterocycles. The minimum absolute atomic E-state index is 0.0484. The summed E-state index contributed by atoms with van der Waals surface area (Å²) in [6.07, 6.45) is 5.81. The van der Waals surface area contributed by atoms with Gasteiger partial charge in [0.2, 0.25) is 0 Å². The Hall–Kier alpha value is -3.08. The highest BCUT2D eigenvalue weighted by Gasteiger charge is 2.15. The molecule has 0 saturated heterocycles. The van der Waals surface area contributed by atoms with Gasteiger partial charge in [-0.05, 0) is 30.2 Å². The Morgan fingerprint density at radius 1 is 1.08 bits per heavy atom. The molecule has 0 saturated carbocycles. The third-order valence-corrected chi connectivity index (χ3v) is 4.01. The molecule has 134 valence electrons. The van der Waals surface area contributed by atoms with Gasteiger partial charge in [-0.15, -0.1) is 0 Å². The van der Waals surface area contributed by atoms with E-state index in [2.05, 4.69) is 21.7 Å². The molecule has 0 radical (unpaired) electrons. The molecule has 1 unspecified atom stereocenters. The van der Waals surface area contributed by atoms with Crippen LogP contribution in [0.1, 0.15) is 30.5 Å². The maximum absolute atomic E-state index is 11.4. The quantitative estimate of drug-likeness (QED) is 0.579. The molecular formula is C21H22N2O3. The number of carbonyl (C=O) groups excluding carboxylic acids is 1. The fraction of sp³-hybridized carbons (Fsp3) is 0.238. The largest absolute Gasteiger partial charge is 0.493 e. The average molecular weight is 350 g/mol.